The van der Waals surface area contributed by atoms with Crippen LogP contribution in [-0.4, -0.2) is 52.8 Å². The van der Waals surface area contributed by atoms with Crippen LogP contribution < -0.4 is 10.6 Å². The second kappa shape index (κ2) is 7.93. The van der Waals surface area contributed by atoms with E-state index in [0.717, 1.165) is 30.5 Å². The second-order valence-electron chi connectivity index (χ2n) is 8.21. The zero-order valence-corrected chi connectivity index (χ0v) is 16.9. The SMILES string of the molecule is Cc1cc2[nH]c(C(=O)NC(C)C3CCCCN3C(=O)C3CCNC(=O)C3)cc2o1. The van der Waals surface area contributed by atoms with E-state index in [1.807, 2.05) is 24.8 Å². The van der Waals surface area contributed by atoms with Crippen LogP contribution in [0.15, 0.2) is 16.5 Å². The van der Waals surface area contributed by atoms with Crippen molar-refractivity contribution in [2.75, 3.05) is 13.1 Å². The number of amides is 3. The van der Waals surface area contributed by atoms with Crippen molar-refractivity contribution in [3.05, 3.63) is 23.6 Å². The molecule has 3 N–H and O–H groups in total. The molecular formula is C21H28N4O4. The first-order valence-corrected chi connectivity index (χ1v) is 10.4. The van der Waals surface area contributed by atoms with E-state index in [4.69, 9.17) is 4.42 Å². The number of nitrogens with one attached hydrogen (secondary N) is 3. The van der Waals surface area contributed by atoms with Gasteiger partial charge in [0.2, 0.25) is 11.8 Å². The third kappa shape index (κ3) is 4.02. The predicted molar refractivity (Wildman–Crippen MR) is 107 cm³/mol. The van der Waals surface area contributed by atoms with Gasteiger partial charge in [-0.25, -0.2) is 0 Å². The maximum absolute atomic E-state index is 13.1. The first-order chi connectivity index (χ1) is 13.9. The Balaban J connectivity index is 1.44. The lowest BCUT2D eigenvalue weighted by Crippen LogP contribution is -2.56. The number of nitrogens with zero attached hydrogens (tertiary/aromatic N) is 1. The van der Waals surface area contributed by atoms with Gasteiger partial charge in [-0.05, 0) is 39.5 Å². The average Bonchev–Trinajstić information content (AvgIpc) is 3.25. The quantitative estimate of drug-likeness (QED) is 0.730. The minimum atomic E-state index is -0.259. The standard InChI is InChI=1S/C21H28N4O4/c1-12-9-15-18(29-12)11-16(24-15)20(27)23-13(2)17-5-3-4-8-25(17)21(28)14-6-7-22-19(26)10-14/h9,11,13-14,17,24H,3-8,10H2,1-2H3,(H,22,26)(H,23,27). The molecule has 29 heavy (non-hydrogen) atoms. The Morgan fingerprint density at radius 2 is 2.10 bits per heavy atom. The van der Waals surface area contributed by atoms with Crippen LogP contribution in [-0.2, 0) is 9.59 Å². The molecule has 3 unspecified atom stereocenters. The van der Waals surface area contributed by atoms with Crippen molar-refractivity contribution in [1.82, 2.24) is 20.5 Å². The Bertz CT molecular complexity index is 899. The average molecular weight is 400 g/mol. The number of rotatable bonds is 4. The number of hydrogen-bond acceptors (Lipinski definition) is 4. The Hall–Kier alpha value is -2.77. The van der Waals surface area contributed by atoms with E-state index in [9.17, 15) is 14.4 Å². The summed E-state index contributed by atoms with van der Waals surface area (Å²) in [6.07, 6.45) is 3.75. The van der Waals surface area contributed by atoms with Gasteiger partial charge in [0.15, 0.2) is 5.58 Å². The Kier molecular flexibility index (Phi) is 5.34. The molecule has 4 heterocycles. The van der Waals surface area contributed by atoms with Crippen molar-refractivity contribution >= 4 is 28.8 Å². The number of aryl methyl sites for hydroxylation is 1. The Morgan fingerprint density at radius 3 is 2.86 bits per heavy atom. The van der Waals surface area contributed by atoms with Crippen LogP contribution in [0.25, 0.3) is 11.1 Å². The summed E-state index contributed by atoms with van der Waals surface area (Å²) in [5, 5.41) is 5.83. The van der Waals surface area contributed by atoms with Crippen molar-refractivity contribution in [2.45, 2.75) is 58.0 Å². The lowest BCUT2D eigenvalue weighted by atomic mass is 9.91. The smallest absolute Gasteiger partial charge is 0.268 e. The molecule has 0 spiro atoms. The summed E-state index contributed by atoms with van der Waals surface area (Å²) in [5.74, 6) is 0.302. The van der Waals surface area contributed by atoms with Gasteiger partial charge in [-0.2, -0.15) is 0 Å². The van der Waals surface area contributed by atoms with Crippen LogP contribution in [0, 0.1) is 12.8 Å². The van der Waals surface area contributed by atoms with Gasteiger partial charge in [0.05, 0.1) is 11.6 Å². The van der Waals surface area contributed by atoms with Crippen molar-refractivity contribution < 1.29 is 18.8 Å². The molecule has 2 aliphatic heterocycles. The summed E-state index contributed by atoms with van der Waals surface area (Å²) < 4.78 is 5.55. The topological polar surface area (TPSA) is 107 Å². The van der Waals surface area contributed by atoms with E-state index < -0.39 is 0 Å². The van der Waals surface area contributed by atoms with Crippen LogP contribution in [0.3, 0.4) is 0 Å². The molecule has 0 radical (unpaired) electrons. The van der Waals surface area contributed by atoms with E-state index in [0.29, 0.717) is 30.8 Å². The predicted octanol–water partition coefficient (Wildman–Crippen LogP) is 2.09. The number of H-pyrrole nitrogens is 1. The number of piperidine rings is 2. The third-order valence-corrected chi connectivity index (χ3v) is 6.04. The van der Waals surface area contributed by atoms with Crippen LogP contribution in [0.4, 0.5) is 0 Å². The molecule has 2 aromatic rings. The Morgan fingerprint density at radius 1 is 1.28 bits per heavy atom. The van der Waals surface area contributed by atoms with Gasteiger partial charge >= 0.3 is 0 Å². The number of carbonyl (C=O) groups excluding carboxylic acids is 3. The summed E-state index contributed by atoms with van der Waals surface area (Å²) in [6, 6.07) is 3.30. The molecule has 0 aromatic carbocycles. The zero-order valence-electron chi connectivity index (χ0n) is 16.9. The highest BCUT2D eigenvalue weighted by Gasteiger charge is 2.36. The van der Waals surface area contributed by atoms with Crippen LogP contribution in [0.1, 0.15) is 55.3 Å². The number of furan rings is 1. The van der Waals surface area contributed by atoms with Gasteiger partial charge in [0.1, 0.15) is 11.5 Å². The highest BCUT2D eigenvalue weighted by atomic mass is 16.3. The van der Waals surface area contributed by atoms with Crippen molar-refractivity contribution in [1.29, 1.82) is 0 Å². The van der Waals surface area contributed by atoms with E-state index in [2.05, 4.69) is 15.6 Å². The molecule has 0 saturated carbocycles. The van der Waals surface area contributed by atoms with E-state index in [1.165, 1.54) is 0 Å². The molecule has 8 heteroatoms. The maximum atomic E-state index is 13.1. The second-order valence-corrected chi connectivity index (χ2v) is 8.21. The van der Waals surface area contributed by atoms with Crippen LogP contribution in [0.2, 0.25) is 0 Å². The van der Waals surface area contributed by atoms with Gasteiger partial charge in [-0.3, -0.25) is 14.4 Å². The highest BCUT2D eigenvalue weighted by molar-refractivity contribution is 5.97. The largest absolute Gasteiger partial charge is 0.460 e. The molecule has 2 aliphatic rings. The number of aromatic amines is 1. The molecule has 0 bridgehead atoms. The fourth-order valence-electron chi connectivity index (χ4n) is 4.53. The maximum Gasteiger partial charge on any atom is 0.268 e. The third-order valence-electron chi connectivity index (χ3n) is 6.04. The normalized spacial score (nSPS) is 23.7. The summed E-state index contributed by atoms with van der Waals surface area (Å²) in [6.45, 7) is 5.03. The van der Waals surface area contributed by atoms with Crippen molar-refractivity contribution in [2.24, 2.45) is 5.92 Å². The van der Waals surface area contributed by atoms with Gasteiger partial charge in [0.25, 0.3) is 5.91 Å². The molecule has 3 amide bonds. The lowest BCUT2D eigenvalue weighted by Gasteiger charge is -2.41. The van der Waals surface area contributed by atoms with Gasteiger partial charge in [-0.15, -0.1) is 0 Å². The molecule has 4 rings (SSSR count). The van der Waals surface area contributed by atoms with Crippen LogP contribution >= 0.6 is 0 Å². The molecule has 2 aromatic heterocycles. The summed E-state index contributed by atoms with van der Waals surface area (Å²) in [7, 11) is 0. The fourth-order valence-corrected chi connectivity index (χ4v) is 4.53. The van der Waals surface area contributed by atoms with Gasteiger partial charge in [-0.1, -0.05) is 0 Å². The summed E-state index contributed by atoms with van der Waals surface area (Å²) in [4.78, 5) is 42.5. The van der Waals surface area contributed by atoms with E-state index >= 15 is 0 Å². The van der Waals surface area contributed by atoms with Crippen molar-refractivity contribution in [3.63, 3.8) is 0 Å². The van der Waals surface area contributed by atoms with Gasteiger partial charge < -0.3 is 24.9 Å². The zero-order chi connectivity index (χ0) is 20.5. The van der Waals surface area contributed by atoms with Crippen molar-refractivity contribution in [3.8, 4) is 0 Å². The minimum absolute atomic E-state index is 0.0403. The first kappa shape index (κ1) is 19.5. The van der Waals surface area contributed by atoms with Gasteiger partial charge in [0, 0.05) is 43.6 Å². The van der Waals surface area contributed by atoms with Crippen LogP contribution in [0.5, 0.6) is 0 Å². The monoisotopic (exact) mass is 400 g/mol. The number of likely N-dealkylation sites (tertiary alicyclic amines) is 1. The van der Waals surface area contributed by atoms with E-state index in [1.54, 1.807) is 6.07 Å². The molecule has 3 atom stereocenters. The minimum Gasteiger partial charge on any atom is -0.460 e. The lowest BCUT2D eigenvalue weighted by molar-refractivity contribution is -0.143. The number of carbonyl (C=O) groups is 3. The van der Waals surface area contributed by atoms with E-state index in [-0.39, 0.29) is 42.1 Å². The number of aromatic nitrogens is 1. The molecule has 156 valence electrons. The molecule has 0 aliphatic carbocycles. The summed E-state index contributed by atoms with van der Waals surface area (Å²) >= 11 is 0. The highest BCUT2D eigenvalue weighted by Crippen LogP contribution is 2.25. The molecule has 8 nitrogen and oxygen atoms in total. The molecular weight excluding hydrogens is 372 g/mol. The molecule has 2 saturated heterocycles. The summed E-state index contributed by atoms with van der Waals surface area (Å²) in [5.41, 5.74) is 1.90. The number of fused-ring (bicyclic) bond motifs is 1. The fraction of sp³-hybridized carbons (Fsp3) is 0.571. The Labute approximate surface area is 169 Å². The number of hydrogen-bond donors (Lipinski definition) is 3. The first-order valence-electron chi connectivity index (χ1n) is 10.4. The molecule has 2 fully saturated rings.